The van der Waals surface area contributed by atoms with Gasteiger partial charge in [-0.25, -0.2) is 4.99 Å². The normalized spacial score (nSPS) is 16.8. The summed E-state index contributed by atoms with van der Waals surface area (Å²) in [5.41, 5.74) is 2.24. The molecule has 0 saturated carbocycles. The SMILES string of the molecule is CC(=O)Oc1ccc(CC2=N[C@@H](c3ccccc3)CO2)cc1. The van der Waals surface area contributed by atoms with Gasteiger partial charge in [0.2, 0.25) is 0 Å². The molecule has 0 fully saturated rings. The van der Waals surface area contributed by atoms with Crippen molar-refractivity contribution in [1.29, 1.82) is 0 Å². The van der Waals surface area contributed by atoms with Crippen molar-refractivity contribution in [2.75, 3.05) is 6.61 Å². The third kappa shape index (κ3) is 3.52. The van der Waals surface area contributed by atoms with Crippen LogP contribution in [0.4, 0.5) is 0 Å². The van der Waals surface area contributed by atoms with Crippen LogP contribution in [0.5, 0.6) is 5.75 Å². The smallest absolute Gasteiger partial charge is 0.308 e. The van der Waals surface area contributed by atoms with Crippen LogP contribution in [0.2, 0.25) is 0 Å². The molecule has 2 aromatic rings. The first kappa shape index (κ1) is 14.3. The fourth-order valence-electron chi connectivity index (χ4n) is 2.38. The number of aliphatic imine (C=N–C) groups is 1. The van der Waals surface area contributed by atoms with Crippen LogP contribution in [0.3, 0.4) is 0 Å². The van der Waals surface area contributed by atoms with Gasteiger partial charge in [-0.15, -0.1) is 0 Å². The molecule has 0 bridgehead atoms. The average Bonchev–Trinajstić information content (AvgIpc) is 2.98. The van der Waals surface area contributed by atoms with Crippen molar-refractivity contribution < 1.29 is 14.3 Å². The number of hydrogen-bond acceptors (Lipinski definition) is 4. The van der Waals surface area contributed by atoms with Crippen LogP contribution in [0.1, 0.15) is 24.1 Å². The molecule has 0 aromatic heterocycles. The van der Waals surface area contributed by atoms with E-state index in [0.717, 1.165) is 11.5 Å². The van der Waals surface area contributed by atoms with Crippen LogP contribution < -0.4 is 4.74 Å². The zero-order valence-electron chi connectivity index (χ0n) is 12.4. The van der Waals surface area contributed by atoms with Crippen LogP contribution in [0, 0.1) is 0 Å². The zero-order valence-corrected chi connectivity index (χ0v) is 12.4. The highest BCUT2D eigenvalue weighted by molar-refractivity contribution is 5.80. The standard InChI is InChI=1S/C18H17NO3/c1-13(20)22-16-9-7-14(8-10-16)11-18-19-17(12-21-18)15-5-3-2-4-6-15/h2-10,17H,11-12H2,1H3/t17-/m1/s1. The van der Waals surface area contributed by atoms with Gasteiger partial charge < -0.3 is 9.47 Å². The van der Waals surface area contributed by atoms with E-state index < -0.39 is 0 Å². The van der Waals surface area contributed by atoms with Gasteiger partial charge in [-0.2, -0.15) is 0 Å². The van der Waals surface area contributed by atoms with E-state index in [1.165, 1.54) is 12.5 Å². The summed E-state index contributed by atoms with van der Waals surface area (Å²) >= 11 is 0. The molecule has 1 atom stereocenters. The minimum Gasteiger partial charge on any atom is -0.478 e. The fourth-order valence-corrected chi connectivity index (χ4v) is 2.38. The minimum atomic E-state index is -0.318. The number of nitrogens with zero attached hydrogens (tertiary/aromatic N) is 1. The monoisotopic (exact) mass is 295 g/mol. The summed E-state index contributed by atoms with van der Waals surface area (Å²) in [5, 5.41) is 0. The Bertz CT molecular complexity index is 677. The molecule has 0 saturated heterocycles. The van der Waals surface area contributed by atoms with E-state index in [4.69, 9.17) is 9.47 Å². The predicted octanol–water partition coefficient (Wildman–Crippen LogP) is 3.32. The summed E-state index contributed by atoms with van der Waals surface area (Å²) in [6, 6.07) is 17.6. The van der Waals surface area contributed by atoms with Crippen molar-refractivity contribution in [3.63, 3.8) is 0 Å². The van der Waals surface area contributed by atoms with E-state index in [2.05, 4.69) is 17.1 Å². The van der Waals surface area contributed by atoms with E-state index in [1.807, 2.05) is 30.3 Å². The van der Waals surface area contributed by atoms with Crippen LogP contribution in [0.25, 0.3) is 0 Å². The third-order valence-electron chi connectivity index (χ3n) is 3.43. The van der Waals surface area contributed by atoms with Gasteiger partial charge in [0.1, 0.15) is 18.4 Å². The van der Waals surface area contributed by atoms with Crippen LogP contribution in [-0.2, 0) is 16.0 Å². The summed E-state index contributed by atoms with van der Waals surface area (Å²) in [5.74, 6) is 0.976. The Balaban J connectivity index is 1.65. The molecule has 1 heterocycles. The van der Waals surface area contributed by atoms with Crippen LogP contribution in [-0.4, -0.2) is 18.5 Å². The van der Waals surface area contributed by atoms with Gasteiger partial charge in [0.05, 0.1) is 0 Å². The summed E-state index contributed by atoms with van der Waals surface area (Å²) in [7, 11) is 0. The first-order valence-corrected chi connectivity index (χ1v) is 7.22. The molecular formula is C18H17NO3. The number of ether oxygens (including phenoxy) is 2. The zero-order chi connectivity index (χ0) is 15.4. The first-order chi connectivity index (χ1) is 10.7. The second-order valence-electron chi connectivity index (χ2n) is 5.17. The van der Waals surface area contributed by atoms with E-state index in [9.17, 15) is 4.79 Å². The lowest BCUT2D eigenvalue weighted by Gasteiger charge is -2.04. The highest BCUT2D eigenvalue weighted by Gasteiger charge is 2.20. The number of carbonyl (C=O) groups is 1. The fraction of sp³-hybridized carbons (Fsp3) is 0.222. The van der Waals surface area contributed by atoms with E-state index in [1.54, 1.807) is 12.1 Å². The molecule has 0 radical (unpaired) electrons. The van der Waals surface area contributed by atoms with Crippen LogP contribution in [0.15, 0.2) is 59.6 Å². The Morgan fingerprint density at radius 2 is 1.91 bits per heavy atom. The van der Waals surface area contributed by atoms with E-state index in [-0.39, 0.29) is 12.0 Å². The van der Waals surface area contributed by atoms with E-state index >= 15 is 0 Å². The lowest BCUT2D eigenvalue weighted by molar-refractivity contribution is -0.131. The summed E-state index contributed by atoms with van der Waals surface area (Å²) in [6.07, 6.45) is 0.643. The van der Waals surface area contributed by atoms with E-state index in [0.29, 0.717) is 18.8 Å². The molecule has 2 aromatic carbocycles. The molecule has 1 aliphatic heterocycles. The lowest BCUT2D eigenvalue weighted by Crippen LogP contribution is -2.04. The van der Waals surface area contributed by atoms with Crippen molar-refractivity contribution >= 4 is 11.9 Å². The van der Waals surface area contributed by atoms with Gasteiger partial charge in [0, 0.05) is 13.3 Å². The quantitative estimate of drug-likeness (QED) is 0.642. The third-order valence-corrected chi connectivity index (χ3v) is 3.43. The van der Waals surface area contributed by atoms with Crippen molar-refractivity contribution in [2.24, 2.45) is 4.99 Å². The Morgan fingerprint density at radius 1 is 1.18 bits per heavy atom. The van der Waals surface area contributed by atoms with Crippen molar-refractivity contribution in [3.8, 4) is 5.75 Å². The van der Waals surface area contributed by atoms with Gasteiger partial charge in [0.25, 0.3) is 0 Å². The molecule has 3 rings (SSSR count). The molecule has 0 unspecified atom stereocenters. The highest BCUT2D eigenvalue weighted by Crippen LogP contribution is 2.24. The van der Waals surface area contributed by atoms with Gasteiger partial charge in [-0.05, 0) is 23.3 Å². The largest absolute Gasteiger partial charge is 0.478 e. The van der Waals surface area contributed by atoms with Gasteiger partial charge in [-0.1, -0.05) is 42.5 Å². The predicted molar refractivity (Wildman–Crippen MR) is 84.0 cm³/mol. The Kier molecular flexibility index (Phi) is 4.19. The topological polar surface area (TPSA) is 47.9 Å². The summed E-state index contributed by atoms with van der Waals surface area (Å²) in [4.78, 5) is 15.5. The second kappa shape index (κ2) is 6.43. The highest BCUT2D eigenvalue weighted by atomic mass is 16.5. The minimum absolute atomic E-state index is 0.0801. The van der Waals surface area contributed by atoms with Crippen molar-refractivity contribution in [2.45, 2.75) is 19.4 Å². The van der Waals surface area contributed by atoms with Gasteiger partial charge in [-0.3, -0.25) is 4.79 Å². The summed E-state index contributed by atoms with van der Waals surface area (Å²) < 4.78 is 10.7. The molecular weight excluding hydrogens is 278 g/mol. The average molecular weight is 295 g/mol. The summed E-state index contributed by atoms with van der Waals surface area (Å²) in [6.45, 7) is 1.98. The Labute approximate surface area is 129 Å². The van der Waals surface area contributed by atoms with Gasteiger partial charge >= 0.3 is 5.97 Å². The number of carbonyl (C=O) groups excluding carboxylic acids is 1. The second-order valence-corrected chi connectivity index (χ2v) is 5.17. The van der Waals surface area contributed by atoms with Gasteiger partial charge in [0.15, 0.2) is 5.90 Å². The molecule has 22 heavy (non-hydrogen) atoms. The molecule has 112 valence electrons. The Hall–Kier alpha value is -2.62. The molecule has 0 N–H and O–H groups in total. The number of rotatable bonds is 4. The van der Waals surface area contributed by atoms with Crippen LogP contribution >= 0.6 is 0 Å². The molecule has 0 spiro atoms. The maximum atomic E-state index is 10.9. The maximum absolute atomic E-state index is 10.9. The number of hydrogen-bond donors (Lipinski definition) is 0. The molecule has 1 aliphatic rings. The number of benzene rings is 2. The molecule has 4 nitrogen and oxygen atoms in total. The van der Waals surface area contributed by atoms with Crippen molar-refractivity contribution in [3.05, 3.63) is 65.7 Å². The lowest BCUT2D eigenvalue weighted by atomic mass is 10.1. The molecule has 4 heteroatoms. The molecule has 0 amide bonds. The first-order valence-electron chi connectivity index (χ1n) is 7.22. The Morgan fingerprint density at radius 3 is 2.59 bits per heavy atom. The number of esters is 1. The maximum Gasteiger partial charge on any atom is 0.308 e. The van der Waals surface area contributed by atoms with Crippen molar-refractivity contribution in [1.82, 2.24) is 0 Å². The molecule has 0 aliphatic carbocycles.